The number of aryl methyl sites for hydroxylation is 2. The van der Waals surface area contributed by atoms with Gasteiger partial charge in [0.15, 0.2) is 0 Å². The number of phenols is 1. The summed E-state index contributed by atoms with van der Waals surface area (Å²) in [5, 5.41) is 22.8. The molecule has 6 rings (SSSR count). The van der Waals surface area contributed by atoms with E-state index in [9.17, 15) is 15.0 Å². The third-order valence-electron chi connectivity index (χ3n) is 7.35. The lowest BCUT2D eigenvalue weighted by molar-refractivity contribution is 0.141. The standard InChI is InChI=1S/C35H29NO5/c1-23-9-2-4-12-27(23)29-14-7-15-30-33(29)32(25-17-19-26(37)20-18-25)34(41-35(38)39)36(30)21-8-22-40-31-16-6-11-24-10-3-5-13-28(24)31/h2-7,9-20,37H,8,21-22H2,1H3,(H,38,39). The number of ether oxygens (including phenoxy) is 2. The van der Waals surface area contributed by atoms with E-state index in [1.54, 1.807) is 24.3 Å². The lowest BCUT2D eigenvalue weighted by atomic mass is 9.93. The van der Waals surface area contributed by atoms with E-state index in [1.807, 2.05) is 65.2 Å². The maximum atomic E-state index is 12.0. The third kappa shape index (κ3) is 5.08. The Morgan fingerprint density at radius 3 is 2.32 bits per heavy atom. The molecule has 0 unspecified atom stereocenters. The Morgan fingerprint density at radius 2 is 1.51 bits per heavy atom. The molecule has 6 nitrogen and oxygen atoms in total. The molecule has 0 atom stereocenters. The lowest BCUT2D eigenvalue weighted by Gasteiger charge is -2.12. The normalized spacial score (nSPS) is 11.1. The molecule has 6 heteroatoms. The Hall–Kier alpha value is -5.23. The van der Waals surface area contributed by atoms with E-state index >= 15 is 0 Å². The monoisotopic (exact) mass is 543 g/mol. The van der Waals surface area contributed by atoms with Gasteiger partial charge >= 0.3 is 6.16 Å². The average molecular weight is 544 g/mol. The van der Waals surface area contributed by atoms with Crippen molar-refractivity contribution in [2.75, 3.05) is 6.61 Å². The van der Waals surface area contributed by atoms with Crippen LogP contribution in [0.1, 0.15) is 12.0 Å². The van der Waals surface area contributed by atoms with Gasteiger partial charge in [0.25, 0.3) is 0 Å². The Morgan fingerprint density at radius 1 is 0.805 bits per heavy atom. The average Bonchev–Trinajstić information content (AvgIpc) is 3.28. The van der Waals surface area contributed by atoms with Crippen LogP contribution in [0.5, 0.6) is 17.4 Å². The van der Waals surface area contributed by atoms with Crippen molar-refractivity contribution in [3.8, 4) is 39.6 Å². The molecule has 2 N–H and O–H groups in total. The molecule has 1 aromatic heterocycles. The van der Waals surface area contributed by atoms with Crippen LogP contribution in [0, 0.1) is 6.92 Å². The SMILES string of the molecule is Cc1ccccc1-c1cccc2c1c(-c1ccc(O)cc1)c(OC(=O)O)n2CCCOc1cccc2ccccc12. The van der Waals surface area contributed by atoms with Crippen molar-refractivity contribution in [2.45, 2.75) is 19.9 Å². The Labute approximate surface area is 237 Å². The van der Waals surface area contributed by atoms with Gasteiger partial charge in [-0.25, -0.2) is 4.79 Å². The molecule has 1 heterocycles. The van der Waals surface area contributed by atoms with Gasteiger partial charge in [0, 0.05) is 17.3 Å². The van der Waals surface area contributed by atoms with E-state index < -0.39 is 6.16 Å². The molecule has 0 aliphatic rings. The Kier molecular flexibility index (Phi) is 7.04. The van der Waals surface area contributed by atoms with Crippen LogP contribution in [-0.2, 0) is 6.54 Å². The first-order valence-corrected chi connectivity index (χ1v) is 13.5. The van der Waals surface area contributed by atoms with Crippen molar-refractivity contribution in [3.63, 3.8) is 0 Å². The highest BCUT2D eigenvalue weighted by Gasteiger charge is 2.25. The second-order valence-electron chi connectivity index (χ2n) is 9.94. The Balaban J connectivity index is 1.44. The number of aromatic hydroxyl groups is 1. The molecule has 0 aliphatic heterocycles. The maximum Gasteiger partial charge on any atom is 0.512 e. The molecule has 0 saturated heterocycles. The zero-order valence-electron chi connectivity index (χ0n) is 22.6. The summed E-state index contributed by atoms with van der Waals surface area (Å²) in [4.78, 5) is 12.0. The van der Waals surface area contributed by atoms with Gasteiger partial charge in [0.05, 0.1) is 17.7 Å². The summed E-state index contributed by atoms with van der Waals surface area (Å²) in [5.74, 6) is 1.18. The number of phenolic OH excluding ortho intramolecular Hbond substituents is 1. The number of fused-ring (bicyclic) bond motifs is 2. The van der Waals surface area contributed by atoms with Crippen molar-refractivity contribution in [1.82, 2.24) is 4.57 Å². The number of carboxylic acid groups (broad SMARTS) is 1. The number of rotatable bonds is 8. The summed E-state index contributed by atoms with van der Waals surface area (Å²) in [7, 11) is 0. The van der Waals surface area contributed by atoms with E-state index in [2.05, 4.69) is 31.2 Å². The van der Waals surface area contributed by atoms with Gasteiger partial charge in [-0.2, -0.15) is 0 Å². The van der Waals surface area contributed by atoms with Crippen LogP contribution in [-0.4, -0.2) is 27.5 Å². The number of benzene rings is 5. The van der Waals surface area contributed by atoms with Gasteiger partial charge in [-0.3, -0.25) is 0 Å². The van der Waals surface area contributed by atoms with Crippen molar-refractivity contribution < 1.29 is 24.5 Å². The summed E-state index contributed by atoms with van der Waals surface area (Å²) < 4.78 is 13.6. The van der Waals surface area contributed by atoms with Crippen LogP contribution in [0.25, 0.3) is 43.9 Å². The molecule has 5 aromatic carbocycles. The predicted molar refractivity (Wildman–Crippen MR) is 162 cm³/mol. The first-order chi connectivity index (χ1) is 20.0. The number of carbonyl (C=O) groups is 1. The maximum absolute atomic E-state index is 12.0. The van der Waals surface area contributed by atoms with Crippen molar-refractivity contribution in [3.05, 3.63) is 115 Å². The number of hydrogen-bond donors (Lipinski definition) is 2. The molecule has 0 bridgehead atoms. The van der Waals surface area contributed by atoms with E-state index in [0.29, 0.717) is 25.1 Å². The van der Waals surface area contributed by atoms with Crippen LogP contribution in [0.2, 0.25) is 0 Å². The molecule has 0 saturated carbocycles. The van der Waals surface area contributed by atoms with E-state index in [1.165, 1.54) is 0 Å². The zero-order chi connectivity index (χ0) is 28.3. The lowest BCUT2D eigenvalue weighted by Crippen LogP contribution is -2.11. The first-order valence-electron chi connectivity index (χ1n) is 13.5. The molecular formula is C35H29NO5. The van der Waals surface area contributed by atoms with Gasteiger partial charge in [-0.05, 0) is 65.3 Å². The molecular weight excluding hydrogens is 514 g/mol. The fraction of sp³-hybridized carbons (Fsp3) is 0.114. The minimum absolute atomic E-state index is 0.128. The summed E-state index contributed by atoms with van der Waals surface area (Å²) in [6.45, 7) is 2.97. The van der Waals surface area contributed by atoms with E-state index in [0.717, 1.165) is 49.7 Å². The van der Waals surface area contributed by atoms with Crippen LogP contribution in [0.15, 0.2) is 109 Å². The summed E-state index contributed by atoms with van der Waals surface area (Å²) >= 11 is 0. The fourth-order valence-electron chi connectivity index (χ4n) is 5.51. The van der Waals surface area contributed by atoms with Gasteiger partial charge in [0.1, 0.15) is 11.5 Å². The molecule has 204 valence electrons. The minimum Gasteiger partial charge on any atom is -0.508 e. The van der Waals surface area contributed by atoms with Crippen LogP contribution < -0.4 is 9.47 Å². The van der Waals surface area contributed by atoms with E-state index in [4.69, 9.17) is 9.47 Å². The van der Waals surface area contributed by atoms with Crippen molar-refractivity contribution in [2.24, 2.45) is 0 Å². The molecule has 0 aliphatic carbocycles. The first kappa shape index (κ1) is 26.0. The quantitative estimate of drug-likeness (QED) is 0.148. The molecule has 6 aromatic rings. The Bertz CT molecular complexity index is 1870. The predicted octanol–water partition coefficient (Wildman–Crippen LogP) is 8.67. The van der Waals surface area contributed by atoms with Crippen LogP contribution >= 0.6 is 0 Å². The molecule has 0 amide bonds. The molecule has 0 fully saturated rings. The van der Waals surface area contributed by atoms with Gasteiger partial charge < -0.3 is 24.3 Å². The number of hydrogen-bond acceptors (Lipinski definition) is 4. The van der Waals surface area contributed by atoms with Crippen LogP contribution in [0.4, 0.5) is 4.79 Å². The third-order valence-corrected chi connectivity index (χ3v) is 7.35. The second-order valence-corrected chi connectivity index (χ2v) is 9.94. The highest BCUT2D eigenvalue weighted by atomic mass is 16.7. The fourth-order valence-corrected chi connectivity index (χ4v) is 5.51. The van der Waals surface area contributed by atoms with Gasteiger partial charge in [-0.15, -0.1) is 0 Å². The van der Waals surface area contributed by atoms with Gasteiger partial charge in [-0.1, -0.05) is 84.9 Å². The van der Waals surface area contributed by atoms with E-state index in [-0.39, 0.29) is 11.6 Å². The topological polar surface area (TPSA) is 80.9 Å². The summed E-state index contributed by atoms with van der Waals surface area (Å²) in [6, 6.07) is 35.0. The largest absolute Gasteiger partial charge is 0.512 e. The highest BCUT2D eigenvalue weighted by molar-refractivity contribution is 6.09. The molecule has 0 radical (unpaired) electrons. The smallest absolute Gasteiger partial charge is 0.508 e. The van der Waals surface area contributed by atoms with Gasteiger partial charge in [0.2, 0.25) is 5.88 Å². The number of aromatic nitrogens is 1. The summed E-state index contributed by atoms with van der Waals surface area (Å²) in [5.41, 5.74) is 5.40. The van der Waals surface area contributed by atoms with Crippen LogP contribution in [0.3, 0.4) is 0 Å². The van der Waals surface area contributed by atoms with Crippen molar-refractivity contribution >= 4 is 27.8 Å². The molecule has 41 heavy (non-hydrogen) atoms. The minimum atomic E-state index is -1.39. The number of nitrogens with zero attached hydrogens (tertiary/aromatic N) is 1. The second kappa shape index (κ2) is 11.1. The molecule has 0 spiro atoms. The summed E-state index contributed by atoms with van der Waals surface area (Å²) in [6.07, 6.45) is -0.773. The van der Waals surface area contributed by atoms with Crippen molar-refractivity contribution in [1.29, 1.82) is 0 Å². The zero-order valence-corrected chi connectivity index (χ0v) is 22.6. The highest BCUT2D eigenvalue weighted by Crippen LogP contribution is 2.45.